The lowest BCUT2D eigenvalue weighted by Gasteiger charge is -2.18. The van der Waals surface area contributed by atoms with Crippen LogP contribution in [0.1, 0.15) is 11.1 Å². The molecule has 0 radical (unpaired) electrons. The van der Waals surface area contributed by atoms with E-state index in [0.29, 0.717) is 21.9 Å². The van der Waals surface area contributed by atoms with Crippen molar-refractivity contribution in [1.82, 2.24) is 4.98 Å². The van der Waals surface area contributed by atoms with E-state index in [1.54, 1.807) is 24.3 Å². The summed E-state index contributed by atoms with van der Waals surface area (Å²) in [7, 11) is 1.41. The van der Waals surface area contributed by atoms with Crippen molar-refractivity contribution in [2.45, 2.75) is 12.7 Å². The number of halogens is 5. The summed E-state index contributed by atoms with van der Waals surface area (Å²) < 4.78 is 59.1. The maximum Gasteiger partial charge on any atom is 0.416 e. The van der Waals surface area contributed by atoms with Gasteiger partial charge in [-0.1, -0.05) is 23.7 Å². The number of hydrogen-bond acceptors (Lipinski definition) is 3. The molecular weight excluding hydrogens is 460 g/mol. The van der Waals surface area contributed by atoms with E-state index in [1.807, 2.05) is 0 Å². The van der Waals surface area contributed by atoms with Crippen LogP contribution in [0.4, 0.5) is 23.2 Å². The van der Waals surface area contributed by atoms with Crippen molar-refractivity contribution in [3.63, 3.8) is 0 Å². The highest BCUT2D eigenvalue weighted by molar-refractivity contribution is 6.31. The van der Waals surface area contributed by atoms with Crippen LogP contribution in [0, 0.1) is 5.82 Å². The number of hydrogen-bond donors (Lipinski definition) is 2. The van der Waals surface area contributed by atoms with Crippen molar-refractivity contribution >= 4 is 28.2 Å². The number of rotatable bonds is 5. The normalized spacial score (nSPS) is 11.6. The second-order valence-electron chi connectivity index (χ2n) is 7.29. The fourth-order valence-electron chi connectivity index (χ4n) is 3.59. The van der Waals surface area contributed by atoms with Gasteiger partial charge in [0.05, 0.1) is 12.7 Å². The maximum atomic E-state index is 13.5. The van der Waals surface area contributed by atoms with Crippen molar-refractivity contribution in [2.24, 2.45) is 0 Å². The summed E-state index contributed by atoms with van der Waals surface area (Å²) in [5.41, 5.74) is 0.0755. The molecule has 0 spiro atoms. The Bertz CT molecular complexity index is 1380. The lowest BCUT2D eigenvalue weighted by molar-refractivity contribution is -0.137. The van der Waals surface area contributed by atoms with E-state index in [1.165, 1.54) is 31.4 Å². The Morgan fingerprint density at radius 2 is 1.76 bits per heavy atom. The summed E-state index contributed by atoms with van der Waals surface area (Å²) in [6.07, 6.45) is -4.58. The number of methoxy groups -OCH3 is 1. The number of aromatic nitrogens is 1. The SMILES string of the molecule is COc1ccc(Cl)cc1-c1c(NCc2ccc(F)cc2)c(=O)[nH]c2ccc(C(F)(F)F)cc12. The minimum Gasteiger partial charge on any atom is -0.496 e. The highest BCUT2D eigenvalue weighted by atomic mass is 35.5. The Kier molecular flexibility index (Phi) is 6.03. The van der Waals surface area contributed by atoms with Crippen LogP contribution in [0.25, 0.3) is 22.0 Å². The monoisotopic (exact) mass is 476 g/mol. The second-order valence-corrected chi connectivity index (χ2v) is 7.72. The Morgan fingerprint density at radius 3 is 2.42 bits per heavy atom. The summed E-state index contributed by atoms with van der Waals surface area (Å²) in [6, 6.07) is 13.4. The topological polar surface area (TPSA) is 54.1 Å². The van der Waals surface area contributed by atoms with E-state index in [4.69, 9.17) is 16.3 Å². The highest BCUT2D eigenvalue weighted by Gasteiger charge is 2.31. The molecule has 0 amide bonds. The minimum atomic E-state index is -4.58. The second kappa shape index (κ2) is 8.78. The van der Waals surface area contributed by atoms with Gasteiger partial charge in [0.2, 0.25) is 0 Å². The number of alkyl halides is 3. The van der Waals surface area contributed by atoms with E-state index in [9.17, 15) is 22.4 Å². The molecule has 2 N–H and O–H groups in total. The summed E-state index contributed by atoms with van der Waals surface area (Å²) in [4.78, 5) is 15.6. The fraction of sp³-hybridized carbons (Fsp3) is 0.125. The van der Waals surface area contributed by atoms with Crippen molar-refractivity contribution in [1.29, 1.82) is 0 Å². The van der Waals surface area contributed by atoms with Crippen LogP contribution < -0.4 is 15.6 Å². The maximum absolute atomic E-state index is 13.5. The van der Waals surface area contributed by atoms with Gasteiger partial charge in [0.15, 0.2) is 0 Å². The average Bonchev–Trinajstić information content (AvgIpc) is 2.77. The molecule has 4 aromatic rings. The minimum absolute atomic E-state index is 0.0340. The first-order chi connectivity index (χ1) is 15.7. The van der Waals surface area contributed by atoms with Crippen LogP contribution in [-0.2, 0) is 12.7 Å². The largest absolute Gasteiger partial charge is 0.496 e. The van der Waals surface area contributed by atoms with E-state index in [-0.39, 0.29) is 28.7 Å². The standard InChI is InChI=1S/C24H17ClF4N2O2/c1-33-20-9-5-15(25)11-18(20)21-17-10-14(24(27,28)29)4-8-19(17)31-23(32)22(21)30-12-13-2-6-16(26)7-3-13/h2-11,30H,12H2,1H3,(H,31,32). The third-order valence-corrected chi connectivity index (χ3v) is 5.39. The Morgan fingerprint density at radius 1 is 1.03 bits per heavy atom. The summed E-state index contributed by atoms with van der Waals surface area (Å²) >= 11 is 6.18. The molecule has 9 heteroatoms. The number of anilines is 1. The number of nitrogens with one attached hydrogen (secondary N) is 2. The molecule has 0 aliphatic carbocycles. The third kappa shape index (κ3) is 4.66. The van der Waals surface area contributed by atoms with Gasteiger partial charge in [0, 0.05) is 33.6 Å². The van der Waals surface area contributed by atoms with Gasteiger partial charge >= 0.3 is 6.18 Å². The molecule has 0 fully saturated rings. The summed E-state index contributed by atoms with van der Waals surface area (Å²) in [5.74, 6) is -0.0834. The first-order valence-electron chi connectivity index (χ1n) is 9.77. The molecule has 0 aliphatic rings. The molecule has 170 valence electrons. The van der Waals surface area contributed by atoms with Gasteiger partial charge in [0.1, 0.15) is 17.3 Å². The van der Waals surface area contributed by atoms with Gasteiger partial charge in [-0.2, -0.15) is 13.2 Å². The Labute approximate surface area is 190 Å². The zero-order valence-corrected chi connectivity index (χ0v) is 17.9. The molecule has 3 aromatic carbocycles. The Balaban J connectivity index is 1.98. The molecule has 0 atom stereocenters. The number of fused-ring (bicyclic) bond motifs is 1. The molecule has 0 bridgehead atoms. The first-order valence-corrected chi connectivity index (χ1v) is 10.1. The van der Waals surface area contributed by atoms with Gasteiger partial charge in [0.25, 0.3) is 5.56 Å². The van der Waals surface area contributed by atoms with Crippen molar-refractivity contribution in [2.75, 3.05) is 12.4 Å². The van der Waals surface area contributed by atoms with E-state index < -0.39 is 23.1 Å². The Hall–Kier alpha value is -3.52. The molecule has 33 heavy (non-hydrogen) atoms. The van der Waals surface area contributed by atoms with Gasteiger partial charge in [-0.05, 0) is 54.1 Å². The van der Waals surface area contributed by atoms with Crippen LogP contribution in [0.3, 0.4) is 0 Å². The van der Waals surface area contributed by atoms with Gasteiger partial charge in [-0.15, -0.1) is 0 Å². The van der Waals surface area contributed by atoms with Crippen molar-refractivity contribution in [3.05, 3.63) is 93.0 Å². The molecule has 0 saturated carbocycles. The predicted molar refractivity (Wildman–Crippen MR) is 120 cm³/mol. The molecule has 0 saturated heterocycles. The predicted octanol–water partition coefficient (Wildman–Crippen LogP) is 6.63. The molecule has 1 aromatic heterocycles. The van der Waals surface area contributed by atoms with Crippen LogP contribution in [0.5, 0.6) is 5.75 Å². The van der Waals surface area contributed by atoms with Crippen LogP contribution in [0.15, 0.2) is 65.5 Å². The third-order valence-electron chi connectivity index (χ3n) is 5.15. The summed E-state index contributed by atoms with van der Waals surface area (Å²) in [5, 5.41) is 3.47. The van der Waals surface area contributed by atoms with E-state index >= 15 is 0 Å². The highest BCUT2D eigenvalue weighted by Crippen LogP contribution is 2.41. The van der Waals surface area contributed by atoms with Gasteiger partial charge < -0.3 is 15.0 Å². The molecule has 0 unspecified atom stereocenters. The van der Waals surface area contributed by atoms with E-state index in [0.717, 1.165) is 12.1 Å². The lowest BCUT2D eigenvalue weighted by Crippen LogP contribution is -2.16. The van der Waals surface area contributed by atoms with E-state index in [2.05, 4.69) is 10.3 Å². The zero-order valence-electron chi connectivity index (χ0n) is 17.2. The quantitative estimate of drug-likeness (QED) is 0.318. The molecule has 1 heterocycles. The van der Waals surface area contributed by atoms with Crippen LogP contribution in [0.2, 0.25) is 5.02 Å². The number of aromatic amines is 1. The number of ether oxygens (including phenoxy) is 1. The molecule has 4 rings (SSSR count). The van der Waals surface area contributed by atoms with Crippen molar-refractivity contribution < 1.29 is 22.3 Å². The molecular formula is C24H17ClF4N2O2. The number of H-pyrrole nitrogens is 1. The zero-order chi connectivity index (χ0) is 23.8. The van der Waals surface area contributed by atoms with Crippen LogP contribution >= 0.6 is 11.6 Å². The van der Waals surface area contributed by atoms with Gasteiger partial charge in [-0.25, -0.2) is 4.39 Å². The van der Waals surface area contributed by atoms with Crippen molar-refractivity contribution in [3.8, 4) is 16.9 Å². The molecule has 0 aliphatic heterocycles. The summed E-state index contributed by atoms with van der Waals surface area (Å²) in [6.45, 7) is 0.129. The number of pyridine rings is 1. The van der Waals surface area contributed by atoms with Gasteiger partial charge in [-0.3, -0.25) is 4.79 Å². The lowest BCUT2D eigenvalue weighted by atomic mass is 9.96. The molecule has 4 nitrogen and oxygen atoms in total. The smallest absolute Gasteiger partial charge is 0.416 e. The first kappa shape index (κ1) is 22.7. The fourth-order valence-corrected chi connectivity index (χ4v) is 3.76. The van der Waals surface area contributed by atoms with Crippen LogP contribution in [-0.4, -0.2) is 12.1 Å². The average molecular weight is 477 g/mol. The number of benzene rings is 3.